The lowest BCUT2D eigenvalue weighted by molar-refractivity contribution is 0.158. The molecule has 0 spiro atoms. The minimum atomic E-state index is 0.613. The minimum Gasteiger partial charge on any atom is -0.370 e. The van der Waals surface area contributed by atoms with Gasteiger partial charge < -0.3 is 5.32 Å². The number of nitrogens with one attached hydrogen (secondary N) is 1. The molecule has 0 bridgehead atoms. The lowest BCUT2D eigenvalue weighted by atomic mass is 10.0. The number of thiol groups is 1. The molecule has 0 aromatic heterocycles. The molecule has 1 aliphatic rings. The molecular formula is C9H18N2S2. The molecule has 1 aliphatic heterocycles. The number of hydrogen-bond donors (Lipinski definition) is 2. The van der Waals surface area contributed by atoms with E-state index in [0.29, 0.717) is 10.4 Å². The fourth-order valence-electron chi connectivity index (χ4n) is 1.91. The van der Waals surface area contributed by atoms with Crippen LogP contribution in [0, 0.1) is 0 Å². The first kappa shape index (κ1) is 11.3. The van der Waals surface area contributed by atoms with Gasteiger partial charge in [0.15, 0.2) is 0 Å². The molecule has 1 N–H and O–H groups in total. The summed E-state index contributed by atoms with van der Waals surface area (Å²) in [7, 11) is 0. The van der Waals surface area contributed by atoms with Crippen LogP contribution in [0.5, 0.6) is 0 Å². The van der Waals surface area contributed by atoms with Crippen molar-refractivity contribution < 1.29 is 0 Å². The van der Waals surface area contributed by atoms with E-state index in [-0.39, 0.29) is 0 Å². The van der Waals surface area contributed by atoms with Gasteiger partial charge in [0.05, 0.1) is 0 Å². The van der Waals surface area contributed by atoms with E-state index in [1.54, 1.807) is 0 Å². The Kier molecular flexibility index (Phi) is 5.06. The maximum absolute atomic E-state index is 4.87. The molecule has 1 rings (SSSR count). The summed E-state index contributed by atoms with van der Waals surface area (Å²) in [4.78, 5) is 2.52. The first-order valence-electron chi connectivity index (χ1n) is 4.95. The van der Waals surface area contributed by atoms with E-state index in [9.17, 15) is 0 Å². The van der Waals surface area contributed by atoms with E-state index >= 15 is 0 Å². The number of rotatable bonds is 3. The number of piperidine rings is 1. The predicted octanol–water partition coefficient (Wildman–Crippen LogP) is 1.67. The Morgan fingerprint density at radius 3 is 3.00 bits per heavy atom. The van der Waals surface area contributed by atoms with Gasteiger partial charge in [-0.25, -0.2) is 0 Å². The van der Waals surface area contributed by atoms with Crippen molar-refractivity contribution >= 4 is 29.2 Å². The van der Waals surface area contributed by atoms with E-state index in [1.807, 2.05) is 0 Å². The summed E-state index contributed by atoms with van der Waals surface area (Å²) in [6, 6.07) is 0.656. The molecule has 0 radical (unpaired) electrons. The van der Waals surface area contributed by atoms with Crippen LogP contribution < -0.4 is 5.32 Å². The maximum atomic E-state index is 4.87. The monoisotopic (exact) mass is 218 g/mol. The largest absolute Gasteiger partial charge is 0.370 e. The molecule has 0 amide bonds. The molecule has 13 heavy (non-hydrogen) atoms. The first-order valence-corrected chi connectivity index (χ1v) is 5.80. The number of nitrogens with zero attached hydrogens (tertiary/aromatic N) is 1. The van der Waals surface area contributed by atoms with Crippen LogP contribution in [0.1, 0.15) is 26.2 Å². The molecule has 0 aromatic rings. The van der Waals surface area contributed by atoms with Crippen LogP contribution in [-0.2, 0) is 0 Å². The summed E-state index contributed by atoms with van der Waals surface area (Å²) in [5.74, 6) is 0. The van der Waals surface area contributed by atoms with E-state index in [4.69, 9.17) is 12.2 Å². The van der Waals surface area contributed by atoms with Gasteiger partial charge in [-0.15, -0.1) is 12.6 Å². The van der Waals surface area contributed by atoms with Crippen molar-refractivity contribution in [2.24, 2.45) is 0 Å². The Hall–Kier alpha value is 0.200. The third-order valence-electron chi connectivity index (χ3n) is 2.64. The van der Waals surface area contributed by atoms with Crippen molar-refractivity contribution in [1.82, 2.24) is 10.2 Å². The van der Waals surface area contributed by atoms with Crippen molar-refractivity contribution in [3.05, 3.63) is 0 Å². The fourth-order valence-corrected chi connectivity index (χ4v) is 2.09. The van der Waals surface area contributed by atoms with Gasteiger partial charge in [0, 0.05) is 12.6 Å². The Balaban J connectivity index is 2.31. The Bertz CT molecular complexity index is 173. The topological polar surface area (TPSA) is 15.3 Å². The second-order valence-corrected chi connectivity index (χ2v) is 4.62. The van der Waals surface area contributed by atoms with E-state index in [1.165, 1.54) is 25.8 Å². The van der Waals surface area contributed by atoms with Gasteiger partial charge in [0.2, 0.25) is 0 Å². The molecule has 0 aliphatic carbocycles. The van der Waals surface area contributed by atoms with Crippen molar-refractivity contribution in [2.75, 3.05) is 19.6 Å². The highest BCUT2D eigenvalue weighted by atomic mass is 32.1. The van der Waals surface area contributed by atoms with Gasteiger partial charge in [-0.2, -0.15) is 0 Å². The maximum Gasteiger partial charge on any atom is 0.130 e. The van der Waals surface area contributed by atoms with Crippen LogP contribution in [0.15, 0.2) is 0 Å². The van der Waals surface area contributed by atoms with Crippen molar-refractivity contribution in [3.63, 3.8) is 0 Å². The predicted molar refractivity (Wildman–Crippen MR) is 64.5 cm³/mol. The normalized spacial score (nSPS) is 24.3. The van der Waals surface area contributed by atoms with Gasteiger partial charge in [-0.1, -0.05) is 25.6 Å². The highest BCUT2D eigenvalue weighted by Gasteiger charge is 2.20. The molecular weight excluding hydrogens is 200 g/mol. The summed E-state index contributed by atoms with van der Waals surface area (Å²) in [6.45, 7) is 5.56. The second-order valence-electron chi connectivity index (χ2n) is 3.46. The average Bonchev–Trinajstić information content (AvgIpc) is 2.15. The second kappa shape index (κ2) is 5.83. The zero-order valence-electron chi connectivity index (χ0n) is 8.12. The zero-order valence-corrected chi connectivity index (χ0v) is 9.83. The van der Waals surface area contributed by atoms with Crippen LogP contribution in [0.2, 0.25) is 0 Å². The standard InChI is InChI=1S/C9H18N2S2/c1-2-11-6-4-3-5-8(11)7-10-9(12)13/h8H,2-7H2,1H3,(H2,10,12,13). The lowest BCUT2D eigenvalue weighted by Crippen LogP contribution is -2.45. The van der Waals surface area contributed by atoms with Crippen LogP contribution in [-0.4, -0.2) is 34.9 Å². The molecule has 1 heterocycles. The summed E-state index contributed by atoms with van der Waals surface area (Å²) in [5, 5.41) is 3.13. The SMILES string of the molecule is CCN1CCCCC1CNC(=S)S. The zero-order chi connectivity index (χ0) is 9.68. The van der Waals surface area contributed by atoms with Crippen molar-refractivity contribution in [2.45, 2.75) is 32.2 Å². The van der Waals surface area contributed by atoms with Crippen LogP contribution in [0.4, 0.5) is 0 Å². The Morgan fingerprint density at radius 1 is 1.62 bits per heavy atom. The summed E-state index contributed by atoms with van der Waals surface area (Å²) >= 11 is 8.93. The molecule has 1 fully saturated rings. The van der Waals surface area contributed by atoms with E-state index in [2.05, 4.69) is 29.8 Å². The van der Waals surface area contributed by atoms with Gasteiger partial charge in [-0.3, -0.25) is 4.90 Å². The third kappa shape index (κ3) is 3.83. The number of hydrogen-bond acceptors (Lipinski definition) is 2. The van der Waals surface area contributed by atoms with Gasteiger partial charge in [0.1, 0.15) is 4.32 Å². The summed E-state index contributed by atoms with van der Waals surface area (Å²) < 4.78 is 0.613. The first-order chi connectivity index (χ1) is 6.24. The molecule has 76 valence electrons. The van der Waals surface area contributed by atoms with Crippen LogP contribution in [0.25, 0.3) is 0 Å². The number of likely N-dealkylation sites (N-methyl/N-ethyl adjacent to an activating group) is 1. The summed E-state index contributed by atoms with van der Waals surface area (Å²) in [5.41, 5.74) is 0. The average molecular weight is 218 g/mol. The third-order valence-corrected chi connectivity index (χ3v) is 2.95. The van der Waals surface area contributed by atoms with Crippen molar-refractivity contribution in [3.8, 4) is 0 Å². The highest BCUT2D eigenvalue weighted by molar-refractivity contribution is 8.11. The smallest absolute Gasteiger partial charge is 0.130 e. The van der Waals surface area contributed by atoms with Crippen LogP contribution >= 0.6 is 24.8 Å². The molecule has 4 heteroatoms. The highest BCUT2D eigenvalue weighted by Crippen LogP contribution is 2.15. The van der Waals surface area contributed by atoms with Crippen LogP contribution in [0.3, 0.4) is 0 Å². The van der Waals surface area contributed by atoms with Gasteiger partial charge in [-0.05, 0) is 25.9 Å². The fraction of sp³-hybridized carbons (Fsp3) is 0.889. The quantitative estimate of drug-likeness (QED) is 0.554. The van der Waals surface area contributed by atoms with E-state index < -0.39 is 0 Å². The Morgan fingerprint density at radius 2 is 2.38 bits per heavy atom. The molecule has 1 unspecified atom stereocenters. The van der Waals surface area contributed by atoms with E-state index in [0.717, 1.165) is 13.1 Å². The molecule has 1 atom stereocenters. The number of thiocarbonyl (C=S) groups is 1. The molecule has 0 saturated carbocycles. The Labute approximate surface area is 91.5 Å². The van der Waals surface area contributed by atoms with Gasteiger partial charge >= 0.3 is 0 Å². The lowest BCUT2D eigenvalue weighted by Gasteiger charge is -2.34. The minimum absolute atomic E-state index is 0.613. The summed E-state index contributed by atoms with van der Waals surface area (Å²) in [6.07, 6.45) is 3.98. The molecule has 1 saturated heterocycles. The van der Waals surface area contributed by atoms with Crippen molar-refractivity contribution in [1.29, 1.82) is 0 Å². The van der Waals surface area contributed by atoms with Gasteiger partial charge in [0.25, 0.3) is 0 Å². The number of likely N-dealkylation sites (tertiary alicyclic amines) is 1. The molecule has 2 nitrogen and oxygen atoms in total. The molecule has 0 aromatic carbocycles.